The normalized spacial score (nSPS) is 12.1. The van der Waals surface area contributed by atoms with Gasteiger partial charge in [-0.25, -0.2) is 4.98 Å². The molecule has 0 saturated heterocycles. The number of aryl methyl sites for hydroxylation is 1. The van der Waals surface area contributed by atoms with Gasteiger partial charge in [-0.3, -0.25) is 0 Å². The molecule has 0 aliphatic rings. The number of hydrogen-bond acceptors (Lipinski definition) is 1. The van der Waals surface area contributed by atoms with Crippen molar-refractivity contribution in [1.82, 2.24) is 4.98 Å². The van der Waals surface area contributed by atoms with Gasteiger partial charge in [0.05, 0.1) is 5.52 Å². The van der Waals surface area contributed by atoms with Gasteiger partial charge in [-0.15, -0.1) is 0 Å². The first kappa shape index (κ1) is 11.4. The van der Waals surface area contributed by atoms with E-state index in [4.69, 9.17) is 0 Å². The van der Waals surface area contributed by atoms with E-state index >= 15 is 0 Å². The number of aromatic nitrogens is 1. The Hall–Kier alpha value is -1.10. The van der Waals surface area contributed by atoms with Crippen LogP contribution in [0, 0.1) is 6.92 Å². The van der Waals surface area contributed by atoms with Gasteiger partial charge in [0.15, 0.2) is 0 Å². The number of pyridine rings is 1. The van der Waals surface area contributed by atoms with E-state index in [0.717, 1.165) is 11.5 Å². The SMILES string of the molecule is Cc1cc(C(F)(F)F)nc2cc(Br)ccc12. The molecule has 0 N–H and O–H groups in total. The average molecular weight is 290 g/mol. The topological polar surface area (TPSA) is 12.9 Å². The van der Waals surface area contributed by atoms with Crippen LogP contribution in [0.4, 0.5) is 13.2 Å². The highest BCUT2D eigenvalue weighted by Crippen LogP contribution is 2.31. The minimum atomic E-state index is -4.40. The molecule has 0 atom stereocenters. The van der Waals surface area contributed by atoms with Crippen molar-refractivity contribution in [3.63, 3.8) is 0 Å². The maximum atomic E-state index is 12.5. The molecule has 0 amide bonds. The molecule has 16 heavy (non-hydrogen) atoms. The molecular weight excluding hydrogens is 283 g/mol. The van der Waals surface area contributed by atoms with Gasteiger partial charge >= 0.3 is 6.18 Å². The fraction of sp³-hybridized carbons (Fsp3) is 0.182. The lowest BCUT2D eigenvalue weighted by atomic mass is 10.1. The second-order valence-corrected chi connectivity index (χ2v) is 4.40. The van der Waals surface area contributed by atoms with E-state index in [-0.39, 0.29) is 0 Å². The molecule has 0 radical (unpaired) electrons. The van der Waals surface area contributed by atoms with E-state index < -0.39 is 11.9 Å². The Morgan fingerprint density at radius 2 is 1.88 bits per heavy atom. The van der Waals surface area contributed by atoms with Crippen molar-refractivity contribution in [2.45, 2.75) is 13.1 Å². The number of halogens is 4. The molecular formula is C11H7BrF3N. The first-order chi connectivity index (χ1) is 7.38. The lowest BCUT2D eigenvalue weighted by Crippen LogP contribution is -2.08. The van der Waals surface area contributed by atoms with Crippen molar-refractivity contribution >= 4 is 26.8 Å². The monoisotopic (exact) mass is 289 g/mol. The zero-order chi connectivity index (χ0) is 11.9. The third-order valence-electron chi connectivity index (χ3n) is 2.27. The summed E-state index contributed by atoms with van der Waals surface area (Å²) in [6, 6.07) is 6.18. The van der Waals surface area contributed by atoms with E-state index in [2.05, 4.69) is 20.9 Å². The minimum Gasteiger partial charge on any atom is -0.243 e. The van der Waals surface area contributed by atoms with Crippen LogP contribution in [0.25, 0.3) is 10.9 Å². The van der Waals surface area contributed by atoms with Crippen LogP contribution in [0.2, 0.25) is 0 Å². The van der Waals surface area contributed by atoms with Crippen LogP contribution < -0.4 is 0 Å². The molecule has 0 saturated carbocycles. The van der Waals surface area contributed by atoms with Crippen molar-refractivity contribution in [3.05, 3.63) is 40.0 Å². The van der Waals surface area contributed by atoms with Crippen molar-refractivity contribution in [3.8, 4) is 0 Å². The van der Waals surface area contributed by atoms with Gasteiger partial charge in [0, 0.05) is 9.86 Å². The summed E-state index contributed by atoms with van der Waals surface area (Å²) in [7, 11) is 0. The van der Waals surface area contributed by atoms with Crippen LogP contribution in [0.1, 0.15) is 11.3 Å². The van der Waals surface area contributed by atoms with Gasteiger partial charge in [0.2, 0.25) is 0 Å². The highest BCUT2D eigenvalue weighted by molar-refractivity contribution is 9.10. The second-order valence-electron chi connectivity index (χ2n) is 3.48. The third kappa shape index (κ3) is 2.04. The highest BCUT2D eigenvalue weighted by atomic mass is 79.9. The summed E-state index contributed by atoms with van der Waals surface area (Å²) in [6.07, 6.45) is -4.40. The zero-order valence-corrected chi connectivity index (χ0v) is 9.85. The maximum absolute atomic E-state index is 12.5. The zero-order valence-electron chi connectivity index (χ0n) is 8.27. The molecule has 1 heterocycles. The van der Waals surface area contributed by atoms with Crippen molar-refractivity contribution in [1.29, 1.82) is 0 Å². The molecule has 0 fully saturated rings. The van der Waals surface area contributed by atoms with Gasteiger partial charge < -0.3 is 0 Å². The number of alkyl halides is 3. The average Bonchev–Trinajstić information content (AvgIpc) is 2.15. The molecule has 0 aliphatic carbocycles. The molecule has 84 valence electrons. The van der Waals surface area contributed by atoms with Crippen LogP contribution in [0.3, 0.4) is 0 Å². The molecule has 0 spiro atoms. The summed E-state index contributed by atoms with van der Waals surface area (Å²) >= 11 is 3.21. The van der Waals surface area contributed by atoms with Gasteiger partial charge in [-0.1, -0.05) is 22.0 Å². The summed E-state index contributed by atoms with van der Waals surface area (Å²) in [5.41, 5.74) is 0.0714. The highest BCUT2D eigenvalue weighted by Gasteiger charge is 2.32. The fourth-order valence-electron chi connectivity index (χ4n) is 1.52. The number of hydrogen-bond donors (Lipinski definition) is 0. The summed E-state index contributed by atoms with van der Waals surface area (Å²) in [4.78, 5) is 3.61. The largest absolute Gasteiger partial charge is 0.433 e. The van der Waals surface area contributed by atoms with Gasteiger partial charge in [-0.05, 0) is 30.7 Å². The van der Waals surface area contributed by atoms with Gasteiger partial charge in [0.1, 0.15) is 5.69 Å². The quantitative estimate of drug-likeness (QED) is 0.704. The third-order valence-corrected chi connectivity index (χ3v) is 2.76. The van der Waals surface area contributed by atoms with Crippen LogP contribution in [-0.2, 0) is 6.18 Å². The van der Waals surface area contributed by atoms with Crippen LogP contribution in [-0.4, -0.2) is 4.98 Å². The van der Waals surface area contributed by atoms with Gasteiger partial charge in [0.25, 0.3) is 0 Å². The van der Waals surface area contributed by atoms with E-state index in [1.54, 1.807) is 25.1 Å². The first-order valence-corrected chi connectivity index (χ1v) is 5.31. The lowest BCUT2D eigenvalue weighted by Gasteiger charge is -2.09. The van der Waals surface area contributed by atoms with Crippen molar-refractivity contribution in [2.75, 3.05) is 0 Å². The number of fused-ring (bicyclic) bond motifs is 1. The lowest BCUT2D eigenvalue weighted by molar-refractivity contribution is -0.141. The van der Waals surface area contributed by atoms with E-state index in [1.807, 2.05) is 0 Å². The summed E-state index contributed by atoms with van der Waals surface area (Å²) in [6.45, 7) is 1.65. The van der Waals surface area contributed by atoms with Crippen LogP contribution >= 0.6 is 15.9 Å². The van der Waals surface area contributed by atoms with Crippen LogP contribution in [0.5, 0.6) is 0 Å². The molecule has 1 aromatic heterocycles. The van der Waals surface area contributed by atoms with E-state index in [0.29, 0.717) is 15.6 Å². The number of benzene rings is 1. The fourth-order valence-corrected chi connectivity index (χ4v) is 1.87. The molecule has 1 nitrogen and oxygen atoms in total. The Labute approximate surface area is 98.4 Å². The minimum absolute atomic E-state index is 0.349. The Kier molecular flexibility index (Phi) is 2.66. The summed E-state index contributed by atoms with van der Waals surface area (Å²) in [5.74, 6) is 0. The molecule has 0 bridgehead atoms. The van der Waals surface area contributed by atoms with Crippen molar-refractivity contribution < 1.29 is 13.2 Å². The molecule has 2 aromatic rings. The Bertz CT molecular complexity index is 549. The molecule has 5 heteroatoms. The van der Waals surface area contributed by atoms with Gasteiger partial charge in [-0.2, -0.15) is 13.2 Å². The molecule has 0 unspecified atom stereocenters. The van der Waals surface area contributed by atoms with Crippen LogP contribution in [0.15, 0.2) is 28.7 Å². The van der Waals surface area contributed by atoms with E-state index in [1.165, 1.54) is 0 Å². The van der Waals surface area contributed by atoms with Crippen molar-refractivity contribution in [2.24, 2.45) is 0 Å². The Balaban J connectivity index is 2.75. The predicted molar refractivity (Wildman–Crippen MR) is 59.2 cm³/mol. The molecule has 1 aromatic carbocycles. The maximum Gasteiger partial charge on any atom is 0.433 e. The van der Waals surface area contributed by atoms with E-state index in [9.17, 15) is 13.2 Å². The summed E-state index contributed by atoms with van der Waals surface area (Å²) in [5, 5.41) is 0.733. The Morgan fingerprint density at radius 3 is 2.50 bits per heavy atom. The summed E-state index contributed by atoms with van der Waals surface area (Å²) < 4.78 is 38.3. The number of nitrogens with zero attached hydrogens (tertiary/aromatic N) is 1. The predicted octanol–water partition coefficient (Wildman–Crippen LogP) is 4.32. The second kappa shape index (κ2) is 3.73. The smallest absolute Gasteiger partial charge is 0.243 e. The molecule has 0 aliphatic heterocycles. The standard InChI is InChI=1S/C11H7BrF3N/c1-6-4-10(11(13,14)15)16-9-5-7(12)2-3-8(6)9/h2-5H,1H3. The Morgan fingerprint density at radius 1 is 1.19 bits per heavy atom. The number of rotatable bonds is 0. The first-order valence-electron chi connectivity index (χ1n) is 4.52. The molecule has 2 rings (SSSR count).